The predicted octanol–water partition coefficient (Wildman–Crippen LogP) is 3.63. The van der Waals surface area contributed by atoms with Crippen molar-refractivity contribution in [3.05, 3.63) is 41.0 Å². The molecule has 1 atom stereocenters. The second kappa shape index (κ2) is 7.75. The van der Waals surface area contributed by atoms with Gasteiger partial charge in [0.15, 0.2) is 5.82 Å². The SMILES string of the molecule is Cc1noc(C2CCCN(C(=O)CSCc3nc4ccccc4s3)C2)n1. The topological polar surface area (TPSA) is 72.1 Å². The molecule has 1 aliphatic heterocycles. The molecule has 4 rings (SSSR count). The number of thioether (sulfide) groups is 1. The average molecular weight is 389 g/mol. The van der Waals surface area contributed by atoms with Gasteiger partial charge in [0, 0.05) is 18.8 Å². The number of para-hydroxylation sites is 1. The lowest BCUT2D eigenvalue weighted by Gasteiger charge is -2.31. The smallest absolute Gasteiger partial charge is 0.232 e. The number of amides is 1. The van der Waals surface area contributed by atoms with E-state index in [1.54, 1.807) is 23.1 Å². The molecule has 1 aliphatic rings. The van der Waals surface area contributed by atoms with E-state index < -0.39 is 0 Å². The molecule has 0 spiro atoms. The summed E-state index contributed by atoms with van der Waals surface area (Å²) < 4.78 is 6.49. The van der Waals surface area contributed by atoms with Crippen LogP contribution in [0.5, 0.6) is 0 Å². The second-order valence-electron chi connectivity index (χ2n) is 6.43. The number of benzene rings is 1. The monoisotopic (exact) mass is 388 g/mol. The summed E-state index contributed by atoms with van der Waals surface area (Å²) in [6, 6.07) is 8.14. The summed E-state index contributed by atoms with van der Waals surface area (Å²) >= 11 is 3.33. The number of likely N-dealkylation sites (tertiary alicyclic amines) is 1. The summed E-state index contributed by atoms with van der Waals surface area (Å²) in [7, 11) is 0. The van der Waals surface area contributed by atoms with Gasteiger partial charge in [0.25, 0.3) is 0 Å². The zero-order valence-electron chi connectivity index (χ0n) is 14.6. The van der Waals surface area contributed by atoms with E-state index in [0.717, 1.165) is 35.7 Å². The largest absolute Gasteiger partial charge is 0.341 e. The van der Waals surface area contributed by atoms with Crippen LogP contribution in [0.2, 0.25) is 0 Å². The molecule has 0 bridgehead atoms. The van der Waals surface area contributed by atoms with Crippen molar-refractivity contribution < 1.29 is 9.32 Å². The van der Waals surface area contributed by atoms with Crippen LogP contribution in [-0.4, -0.2) is 44.8 Å². The van der Waals surface area contributed by atoms with Crippen molar-refractivity contribution in [1.82, 2.24) is 20.0 Å². The van der Waals surface area contributed by atoms with Crippen molar-refractivity contribution in [2.45, 2.75) is 31.4 Å². The van der Waals surface area contributed by atoms with E-state index in [-0.39, 0.29) is 11.8 Å². The third-order valence-corrected chi connectivity index (χ3v) is 6.60. The number of rotatable bonds is 5. The van der Waals surface area contributed by atoms with Crippen LogP contribution in [0, 0.1) is 6.92 Å². The Hall–Kier alpha value is -1.93. The van der Waals surface area contributed by atoms with Crippen LogP contribution in [0.25, 0.3) is 10.2 Å². The first kappa shape index (κ1) is 17.5. The van der Waals surface area contributed by atoms with Crippen molar-refractivity contribution in [2.75, 3.05) is 18.8 Å². The quantitative estimate of drug-likeness (QED) is 0.665. The van der Waals surface area contributed by atoms with Gasteiger partial charge >= 0.3 is 0 Å². The Balaban J connectivity index is 1.30. The molecule has 136 valence electrons. The molecule has 6 nitrogen and oxygen atoms in total. The summed E-state index contributed by atoms with van der Waals surface area (Å²) in [5, 5.41) is 4.93. The van der Waals surface area contributed by atoms with Crippen LogP contribution >= 0.6 is 23.1 Å². The molecule has 2 aromatic heterocycles. The minimum atomic E-state index is 0.156. The van der Waals surface area contributed by atoms with Crippen LogP contribution in [0.1, 0.15) is 35.5 Å². The van der Waals surface area contributed by atoms with Gasteiger partial charge in [0.05, 0.1) is 21.9 Å². The third-order valence-electron chi connectivity index (χ3n) is 4.46. The van der Waals surface area contributed by atoms with Crippen molar-refractivity contribution >= 4 is 39.2 Å². The average Bonchev–Trinajstić information content (AvgIpc) is 3.27. The van der Waals surface area contributed by atoms with Crippen LogP contribution in [0.4, 0.5) is 0 Å². The molecule has 3 aromatic rings. The molecular formula is C18H20N4O2S2. The van der Waals surface area contributed by atoms with Crippen LogP contribution in [0.3, 0.4) is 0 Å². The van der Waals surface area contributed by atoms with E-state index in [2.05, 4.69) is 21.2 Å². The molecule has 1 amide bonds. The number of hydrogen-bond donors (Lipinski definition) is 0. The molecule has 3 heterocycles. The summed E-state index contributed by atoms with van der Waals surface area (Å²) in [5.41, 5.74) is 1.04. The molecule has 0 saturated carbocycles. The fourth-order valence-corrected chi connectivity index (χ4v) is 5.13. The highest BCUT2D eigenvalue weighted by Crippen LogP contribution is 2.27. The van der Waals surface area contributed by atoms with Crippen molar-refractivity contribution in [2.24, 2.45) is 0 Å². The molecule has 8 heteroatoms. The van der Waals surface area contributed by atoms with Gasteiger partial charge in [-0.05, 0) is 31.9 Å². The molecule has 1 unspecified atom stereocenters. The van der Waals surface area contributed by atoms with E-state index in [9.17, 15) is 4.79 Å². The number of aryl methyl sites for hydroxylation is 1. The van der Waals surface area contributed by atoms with Gasteiger partial charge in [-0.25, -0.2) is 4.98 Å². The van der Waals surface area contributed by atoms with Crippen molar-refractivity contribution in [1.29, 1.82) is 0 Å². The molecule has 1 saturated heterocycles. The molecule has 1 aromatic carbocycles. The number of nitrogens with zero attached hydrogens (tertiary/aromatic N) is 4. The van der Waals surface area contributed by atoms with Gasteiger partial charge in [-0.3, -0.25) is 4.79 Å². The zero-order chi connectivity index (χ0) is 17.9. The Morgan fingerprint density at radius 2 is 2.27 bits per heavy atom. The van der Waals surface area contributed by atoms with Gasteiger partial charge in [-0.1, -0.05) is 17.3 Å². The Kier molecular flexibility index (Phi) is 5.21. The highest BCUT2D eigenvalue weighted by Gasteiger charge is 2.28. The maximum Gasteiger partial charge on any atom is 0.232 e. The van der Waals surface area contributed by atoms with E-state index in [4.69, 9.17) is 4.52 Å². The van der Waals surface area contributed by atoms with Crippen LogP contribution in [-0.2, 0) is 10.5 Å². The number of carbonyl (C=O) groups is 1. The van der Waals surface area contributed by atoms with Crippen molar-refractivity contribution in [3.63, 3.8) is 0 Å². The first-order valence-electron chi connectivity index (χ1n) is 8.69. The third kappa shape index (κ3) is 3.91. The number of hydrogen-bond acceptors (Lipinski definition) is 7. The predicted molar refractivity (Wildman–Crippen MR) is 103 cm³/mol. The van der Waals surface area contributed by atoms with Crippen LogP contribution in [0.15, 0.2) is 28.8 Å². The maximum atomic E-state index is 12.6. The first-order chi connectivity index (χ1) is 12.7. The molecule has 0 N–H and O–H groups in total. The van der Waals surface area contributed by atoms with Gasteiger partial charge in [0.2, 0.25) is 11.8 Å². The summed E-state index contributed by atoms with van der Waals surface area (Å²) in [5.74, 6) is 2.88. The van der Waals surface area contributed by atoms with Gasteiger partial charge in [-0.2, -0.15) is 4.98 Å². The number of piperidine rings is 1. The lowest BCUT2D eigenvalue weighted by Crippen LogP contribution is -2.40. The number of fused-ring (bicyclic) bond motifs is 1. The zero-order valence-corrected chi connectivity index (χ0v) is 16.2. The van der Waals surface area contributed by atoms with Gasteiger partial charge in [-0.15, -0.1) is 23.1 Å². The number of aromatic nitrogens is 3. The van der Waals surface area contributed by atoms with E-state index in [1.165, 1.54) is 4.70 Å². The maximum absolute atomic E-state index is 12.6. The van der Waals surface area contributed by atoms with Gasteiger partial charge in [0.1, 0.15) is 5.01 Å². The van der Waals surface area contributed by atoms with E-state index in [1.807, 2.05) is 30.0 Å². The molecule has 0 aliphatic carbocycles. The Morgan fingerprint density at radius 1 is 1.38 bits per heavy atom. The van der Waals surface area contributed by atoms with Gasteiger partial charge < -0.3 is 9.42 Å². The number of carbonyl (C=O) groups excluding carboxylic acids is 1. The fourth-order valence-electron chi connectivity index (χ4n) is 3.18. The van der Waals surface area contributed by atoms with Crippen molar-refractivity contribution in [3.8, 4) is 0 Å². The molecule has 26 heavy (non-hydrogen) atoms. The fraction of sp³-hybridized carbons (Fsp3) is 0.444. The lowest BCUT2D eigenvalue weighted by atomic mass is 9.98. The summed E-state index contributed by atoms with van der Waals surface area (Å²) in [6.45, 7) is 3.30. The van der Waals surface area contributed by atoms with E-state index >= 15 is 0 Å². The summed E-state index contributed by atoms with van der Waals surface area (Å²) in [4.78, 5) is 23.4. The first-order valence-corrected chi connectivity index (χ1v) is 10.7. The minimum Gasteiger partial charge on any atom is -0.341 e. The Morgan fingerprint density at radius 3 is 3.08 bits per heavy atom. The van der Waals surface area contributed by atoms with E-state index in [0.29, 0.717) is 24.0 Å². The second-order valence-corrected chi connectivity index (χ2v) is 8.53. The molecule has 0 radical (unpaired) electrons. The molecular weight excluding hydrogens is 368 g/mol. The highest BCUT2D eigenvalue weighted by molar-refractivity contribution is 7.99. The Bertz CT molecular complexity index is 874. The summed E-state index contributed by atoms with van der Waals surface area (Å²) in [6.07, 6.45) is 1.96. The Labute approximate surface area is 160 Å². The number of thiazole rings is 1. The molecule has 1 fully saturated rings. The lowest BCUT2D eigenvalue weighted by molar-refractivity contribution is -0.129. The minimum absolute atomic E-state index is 0.156. The normalized spacial score (nSPS) is 17.7. The highest BCUT2D eigenvalue weighted by atomic mass is 32.2. The van der Waals surface area contributed by atoms with Crippen LogP contribution < -0.4 is 0 Å². The standard InChI is InChI=1S/C18H20N4O2S2/c1-12-19-18(24-21-12)13-5-4-8-22(9-13)17(23)11-25-10-16-20-14-6-2-3-7-15(14)26-16/h2-3,6-7,13H,4-5,8-11H2,1H3.